The van der Waals surface area contributed by atoms with Crippen molar-refractivity contribution in [1.29, 1.82) is 0 Å². The maximum absolute atomic E-state index is 13.4. The van der Waals surface area contributed by atoms with E-state index in [0.29, 0.717) is 5.69 Å². The summed E-state index contributed by atoms with van der Waals surface area (Å²) in [5.74, 6) is 0.559. The van der Waals surface area contributed by atoms with Gasteiger partial charge in [0.1, 0.15) is 11.4 Å². The highest BCUT2D eigenvalue weighted by Gasteiger charge is 2.21. The van der Waals surface area contributed by atoms with Crippen LogP contribution in [0.3, 0.4) is 0 Å². The number of carbonyl (C=O) groups excluding carboxylic acids is 1. The molecule has 0 fully saturated rings. The molecular formula is C29H27N3O2. The molecule has 0 aliphatic rings. The van der Waals surface area contributed by atoms with E-state index in [0.717, 1.165) is 55.6 Å². The third-order valence-corrected chi connectivity index (χ3v) is 6.50. The van der Waals surface area contributed by atoms with Crippen molar-refractivity contribution in [2.24, 2.45) is 0 Å². The average molecular weight is 450 g/mol. The molecule has 1 atom stereocenters. The number of ether oxygens (including phenoxy) is 1. The fourth-order valence-electron chi connectivity index (χ4n) is 4.54. The number of anilines is 1. The minimum atomic E-state index is -0.215. The summed E-state index contributed by atoms with van der Waals surface area (Å²) in [6.07, 6.45) is 0. The number of methoxy groups -OCH3 is 1. The lowest BCUT2D eigenvalue weighted by atomic mass is 9.95. The van der Waals surface area contributed by atoms with Gasteiger partial charge in [-0.3, -0.25) is 4.79 Å². The molecule has 5 heteroatoms. The zero-order chi connectivity index (χ0) is 23.8. The van der Waals surface area contributed by atoms with Crippen LogP contribution in [0.1, 0.15) is 45.7 Å². The zero-order valence-electron chi connectivity index (χ0n) is 19.8. The van der Waals surface area contributed by atoms with Gasteiger partial charge in [-0.2, -0.15) is 0 Å². The Morgan fingerprint density at radius 2 is 1.65 bits per heavy atom. The number of aromatic amines is 1. The Kier molecular flexibility index (Phi) is 5.54. The average Bonchev–Trinajstić information content (AvgIpc) is 3.24. The Morgan fingerprint density at radius 1 is 0.941 bits per heavy atom. The summed E-state index contributed by atoms with van der Waals surface area (Å²) in [6.45, 7) is 6.11. The zero-order valence-corrected chi connectivity index (χ0v) is 19.8. The Bertz CT molecular complexity index is 1500. The van der Waals surface area contributed by atoms with Crippen molar-refractivity contribution in [3.63, 3.8) is 0 Å². The van der Waals surface area contributed by atoms with Crippen molar-refractivity contribution in [2.75, 3.05) is 12.4 Å². The number of aryl methyl sites for hydroxylation is 2. The van der Waals surface area contributed by atoms with E-state index in [2.05, 4.69) is 23.3 Å². The first-order valence-corrected chi connectivity index (χ1v) is 11.4. The van der Waals surface area contributed by atoms with Crippen molar-refractivity contribution >= 4 is 33.4 Å². The Balaban J connectivity index is 1.65. The second-order valence-corrected chi connectivity index (χ2v) is 8.70. The summed E-state index contributed by atoms with van der Waals surface area (Å²) < 4.78 is 5.32. The predicted molar refractivity (Wildman–Crippen MR) is 138 cm³/mol. The highest BCUT2D eigenvalue weighted by atomic mass is 16.5. The largest absolute Gasteiger partial charge is 0.497 e. The molecule has 1 amide bonds. The lowest BCUT2D eigenvalue weighted by molar-refractivity contribution is 0.102. The molecular weight excluding hydrogens is 422 g/mol. The summed E-state index contributed by atoms with van der Waals surface area (Å²) in [5, 5.41) is 5.16. The maximum Gasteiger partial charge on any atom is 0.274 e. The molecule has 2 aromatic heterocycles. The van der Waals surface area contributed by atoms with Gasteiger partial charge in [0.05, 0.1) is 18.3 Å². The lowest BCUT2D eigenvalue weighted by Crippen LogP contribution is -2.17. The van der Waals surface area contributed by atoms with E-state index >= 15 is 0 Å². The van der Waals surface area contributed by atoms with Crippen molar-refractivity contribution in [2.45, 2.75) is 26.7 Å². The van der Waals surface area contributed by atoms with Crippen LogP contribution in [0.2, 0.25) is 0 Å². The number of benzene rings is 3. The van der Waals surface area contributed by atoms with Crippen LogP contribution in [0.4, 0.5) is 5.69 Å². The van der Waals surface area contributed by atoms with Gasteiger partial charge in [0.25, 0.3) is 5.91 Å². The van der Waals surface area contributed by atoms with Crippen molar-refractivity contribution in [1.82, 2.24) is 9.97 Å². The molecule has 0 spiro atoms. The SMILES string of the molecule is COc1ccc(C(C)c2nc(C(=O)Nc3c(C)cccc3C)cc3c2[nH]c2ccccc23)cc1. The molecule has 1 unspecified atom stereocenters. The summed E-state index contributed by atoms with van der Waals surface area (Å²) in [6, 6.07) is 24.0. The van der Waals surface area contributed by atoms with Crippen LogP contribution >= 0.6 is 0 Å². The number of fused-ring (bicyclic) bond motifs is 3. The van der Waals surface area contributed by atoms with Gasteiger partial charge in [-0.25, -0.2) is 4.98 Å². The number of H-pyrrole nitrogens is 1. The molecule has 2 heterocycles. The summed E-state index contributed by atoms with van der Waals surface area (Å²) in [7, 11) is 1.66. The number of amides is 1. The third-order valence-electron chi connectivity index (χ3n) is 6.50. The van der Waals surface area contributed by atoms with Crippen LogP contribution in [0.5, 0.6) is 5.75 Å². The molecule has 0 saturated heterocycles. The van der Waals surface area contributed by atoms with Gasteiger partial charge in [0.15, 0.2) is 0 Å². The maximum atomic E-state index is 13.4. The highest BCUT2D eigenvalue weighted by Crippen LogP contribution is 2.34. The van der Waals surface area contributed by atoms with Crippen molar-refractivity contribution in [3.05, 3.63) is 101 Å². The number of nitrogens with one attached hydrogen (secondary N) is 2. The fraction of sp³-hybridized carbons (Fsp3) is 0.172. The van der Waals surface area contributed by atoms with E-state index in [1.54, 1.807) is 7.11 Å². The smallest absolute Gasteiger partial charge is 0.274 e. The van der Waals surface area contributed by atoms with Gasteiger partial charge >= 0.3 is 0 Å². The van der Waals surface area contributed by atoms with Gasteiger partial charge < -0.3 is 15.0 Å². The van der Waals surface area contributed by atoms with Crippen LogP contribution in [-0.2, 0) is 0 Å². The molecule has 0 radical (unpaired) electrons. The highest BCUT2D eigenvalue weighted by molar-refractivity contribution is 6.12. The molecule has 2 N–H and O–H groups in total. The molecule has 3 aromatic carbocycles. The van der Waals surface area contributed by atoms with Gasteiger partial charge in [-0.1, -0.05) is 55.5 Å². The van der Waals surface area contributed by atoms with E-state index in [9.17, 15) is 4.79 Å². The van der Waals surface area contributed by atoms with Crippen LogP contribution in [-0.4, -0.2) is 23.0 Å². The first-order valence-electron chi connectivity index (χ1n) is 11.4. The number of rotatable bonds is 5. The minimum absolute atomic E-state index is 0.0329. The number of aromatic nitrogens is 2. The van der Waals surface area contributed by atoms with Crippen LogP contribution in [0.25, 0.3) is 21.8 Å². The third kappa shape index (κ3) is 3.79. The number of pyridine rings is 1. The quantitative estimate of drug-likeness (QED) is 0.312. The van der Waals surface area contributed by atoms with Gasteiger partial charge in [-0.05, 0) is 54.8 Å². The first-order chi connectivity index (χ1) is 16.5. The first kappa shape index (κ1) is 21.7. The Hall–Kier alpha value is -4.12. The lowest BCUT2D eigenvalue weighted by Gasteiger charge is -2.16. The van der Waals surface area contributed by atoms with Crippen LogP contribution < -0.4 is 10.1 Å². The van der Waals surface area contributed by atoms with E-state index in [1.807, 2.05) is 80.6 Å². The molecule has 5 nitrogen and oxygen atoms in total. The van der Waals surface area contributed by atoms with E-state index in [1.165, 1.54) is 0 Å². The van der Waals surface area contributed by atoms with E-state index < -0.39 is 0 Å². The van der Waals surface area contributed by atoms with Crippen LogP contribution in [0, 0.1) is 13.8 Å². The number of nitrogens with zero attached hydrogens (tertiary/aromatic N) is 1. The standard InChI is InChI=1S/C29H27N3O2/c1-17-8-7-9-18(2)26(17)32-29(33)25-16-23-22-10-5-6-11-24(22)30-28(23)27(31-25)19(3)20-12-14-21(34-4)15-13-20/h5-16,19,30H,1-4H3,(H,32,33). The van der Waals surface area contributed by atoms with Gasteiger partial charge in [0, 0.05) is 27.9 Å². The minimum Gasteiger partial charge on any atom is -0.497 e. The molecule has 0 aliphatic carbocycles. The topological polar surface area (TPSA) is 67.0 Å². The molecule has 5 aromatic rings. The van der Waals surface area contributed by atoms with Crippen molar-refractivity contribution < 1.29 is 9.53 Å². The van der Waals surface area contributed by atoms with Gasteiger partial charge in [0.2, 0.25) is 0 Å². The molecule has 5 rings (SSSR count). The molecule has 34 heavy (non-hydrogen) atoms. The second kappa shape index (κ2) is 8.67. The summed E-state index contributed by atoms with van der Waals surface area (Å²) in [5.41, 5.74) is 7.18. The molecule has 0 bridgehead atoms. The van der Waals surface area contributed by atoms with Crippen LogP contribution in [0.15, 0.2) is 72.8 Å². The number of hydrogen-bond donors (Lipinski definition) is 2. The number of carbonyl (C=O) groups is 1. The Morgan fingerprint density at radius 3 is 2.35 bits per heavy atom. The monoisotopic (exact) mass is 449 g/mol. The second-order valence-electron chi connectivity index (χ2n) is 8.70. The van der Waals surface area contributed by atoms with E-state index in [4.69, 9.17) is 9.72 Å². The molecule has 0 aliphatic heterocycles. The predicted octanol–water partition coefficient (Wildman–Crippen LogP) is 6.75. The summed E-state index contributed by atoms with van der Waals surface area (Å²) in [4.78, 5) is 21.8. The van der Waals surface area contributed by atoms with Gasteiger partial charge in [-0.15, -0.1) is 0 Å². The number of para-hydroxylation sites is 2. The fourth-order valence-corrected chi connectivity index (χ4v) is 4.54. The number of hydrogen-bond acceptors (Lipinski definition) is 3. The molecule has 0 saturated carbocycles. The molecule has 170 valence electrons. The van der Waals surface area contributed by atoms with E-state index in [-0.39, 0.29) is 11.8 Å². The normalized spacial score (nSPS) is 12.1. The van der Waals surface area contributed by atoms with Crippen molar-refractivity contribution in [3.8, 4) is 5.75 Å². The summed E-state index contributed by atoms with van der Waals surface area (Å²) >= 11 is 0. The Labute approximate surface area is 198 Å².